The number of nitrogens with one attached hydrogen (secondary N) is 1. The molecule has 1 amide bonds. The number of carbonyl (C=O) groups excluding carboxylic acids is 1. The normalized spacial score (nSPS) is 11.3. The molecule has 3 rings (SSSR count). The van der Waals surface area contributed by atoms with E-state index in [1.54, 1.807) is 28.8 Å². The number of amides is 1. The summed E-state index contributed by atoms with van der Waals surface area (Å²) in [5.41, 5.74) is -0.332. The van der Waals surface area contributed by atoms with Gasteiger partial charge in [0.25, 0.3) is 0 Å². The van der Waals surface area contributed by atoms with E-state index in [9.17, 15) is 18.0 Å². The van der Waals surface area contributed by atoms with Gasteiger partial charge < -0.3 is 10.1 Å². The number of halogens is 4. The largest absolute Gasteiger partial charge is 0.486 e. The molecule has 3 aromatic rings. The summed E-state index contributed by atoms with van der Waals surface area (Å²) < 4.78 is 46.8. The number of rotatable bonds is 9. The van der Waals surface area contributed by atoms with Crippen molar-refractivity contribution in [3.63, 3.8) is 0 Å². The zero-order chi connectivity index (χ0) is 24.0. The lowest BCUT2D eigenvalue weighted by molar-refractivity contribution is -0.137. The van der Waals surface area contributed by atoms with Gasteiger partial charge in [-0.05, 0) is 42.8 Å². The number of nitrogens with zero attached hydrogens (tertiary/aromatic N) is 3. The van der Waals surface area contributed by atoms with Gasteiger partial charge >= 0.3 is 6.18 Å². The van der Waals surface area contributed by atoms with Gasteiger partial charge in [0.1, 0.15) is 12.4 Å². The van der Waals surface area contributed by atoms with Crippen LogP contribution in [0.3, 0.4) is 0 Å². The molecule has 0 atom stereocenters. The van der Waals surface area contributed by atoms with Crippen molar-refractivity contribution in [2.24, 2.45) is 0 Å². The summed E-state index contributed by atoms with van der Waals surface area (Å²) in [6.45, 7) is 6.06. The Labute approximate surface area is 197 Å². The third kappa shape index (κ3) is 6.52. The van der Waals surface area contributed by atoms with E-state index in [1.807, 2.05) is 6.92 Å². The Morgan fingerprint density at radius 2 is 2.03 bits per heavy atom. The fraction of sp³-hybridized carbons (Fsp3) is 0.227. The molecule has 0 fully saturated rings. The lowest BCUT2D eigenvalue weighted by Gasteiger charge is -2.13. The Hall–Kier alpha value is -2.98. The number of para-hydroxylation sites is 1. The first-order valence-corrected chi connectivity index (χ1v) is 11.1. The molecule has 0 saturated carbocycles. The average molecular weight is 497 g/mol. The molecule has 0 aliphatic heterocycles. The average Bonchev–Trinajstić information content (AvgIpc) is 3.14. The first kappa shape index (κ1) is 24.7. The van der Waals surface area contributed by atoms with Crippen molar-refractivity contribution in [1.29, 1.82) is 0 Å². The number of anilines is 1. The maximum absolute atomic E-state index is 13.1. The molecule has 0 aliphatic rings. The number of carbonyl (C=O) groups is 1. The molecule has 33 heavy (non-hydrogen) atoms. The van der Waals surface area contributed by atoms with Crippen LogP contribution in [0.1, 0.15) is 17.0 Å². The van der Waals surface area contributed by atoms with Crippen molar-refractivity contribution in [3.8, 4) is 5.75 Å². The first-order valence-electron chi connectivity index (χ1n) is 9.70. The van der Waals surface area contributed by atoms with Gasteiger partial charge in [0.2, 0.25) is 5.91 Å². The smallest absolute Gasteiger partial charge is 0.418 e. The van der Waals surface area contributed by atoms with Gasteiger partial charge in [-0.3, -0.25) is 9.36 Å². The lowest BCUT2D eigenvalue weighted by Crippen LogP contribution is -2.18. The van der Waals surface area contributed by atoms with E-state index in [0.717, 1.165) is 23.4 Å². The molecule has 1 heterocycles. The van der Waals surface area contributed by atoms with Gasteiger partial charge in [0, 0.05) is 11.6 Å². The summed E-state index contributed by atoms with van der Waals surface area (Å²) in [4.78, 5) is 12.3. The van der Waals surface area contributed by atoms with E-state index < -0.39 is 17.6 Å². The van der Waals surface area contributed by atoms with Crippen molar-refractivity contribution in [2.75, 3.05) is 11.1 Å². The summed E-state index contributed by atoms with van der Waals surface area (Å²) in [5.74, 6) is 0.368. The van der Waals surface area contributed by atoms with Crippen molar-refractivity contribution in [3.05, 3.63) is 77.1 Å². The molecular weight excluding hydrogens is 477 g/mol. The van der Waals surface area contributed by atoms with Crippen LogP contribution in [-0.2, 0) is 24.1 Å². The van der Waals surface area contributed by atoms with Gasteiger partial charge in [-0.1, -0.05) is 41.6 Å². The van der Waals surface area contributed by atoms with Crippen LogP contribution in [0.2, 0.25) is 5.02 Å². The van der Waals surface area contributed by atoms with Gasteiger partial charge in [-0.25, -0.2) is 0 Å². The monoisotopic (exact) mass is 496 g/mol. The Bertz CT molecular complexity index is 1150. The Balaban J connectivity index is 1.65. The van der Waals surface area contributed by atoms with Crippen LogP contribution >= 0.6 is 23.4 Å². The third-order valence-electron chi connectivity index (χ3n) is 4.44. The van der Waals surface area contributed by atoms with Crippen molar-refractivity contribution in [1.82, 2.24) is 14.8 Å². The molecule has 1 aromatic heterocycles. The molecule has 0 radical (unpaired) electrons. The fourth-order valence-corrected chi connectivity index (χ4v) is 3.74. The Morgan fingerprint density at radius 3 is 2.73 bits per heavy atom. The molecule has 0 unspecified atom stereocenters. The predicted molar refractivity (Wildman–Crippen MR) is 122 cm³/mol. The minimum Gasteiger partial charge on any atom is -0.486 e. The zero-order valence-electron chi connectivity index (χ0n) is 17.5. The van der Waals surface area contributed by atoms with E-state index >= 15 is 0 Å². The van der Waals surface area contributed by atoms with E-state index in [1.165, 1.54) is 18.2 Å². The Morgan fingerprint density at radius 1 is 1.27 bits per heavy atom. The van der Waals surface area contributed by atoms with Crippen LogP contribution < -0.4 is 10.1 Å². The molecule has 0 spiro atoms. The minimum absolute atomic E-state index is 0.119. The van der Waals surface area contributed by atoms with Crippen molar-refractivity contribution < 1.29 is 22.7 Å². The predicted octanol–water partition coefficient (Wildman–Crippen LogP) is 5.75. The highest BCUT2D eigenvalue weighted by Crippen LogP contribution is 2.34. The second-order valence-corrected chi connectivity index (χ2v) is 8.23. The van der Waals surface area contributed by atoms with Gasteiger partial charge in [-0.2, -0.15) is 13.2 Å². The highest BCUT2D eigenvalue weighted by molar-refractivity contribution is 7.99. The lowest BCUT2D eigenvalue weighted by atomic mass is 10.1. The molecule has 0 bridgehead atoms. The summed E-state index contributed by atoms with van der Waals surface area (Å²) in [7, 11) is 0. The fourth-order valence-electron chi connectivity index (χ4n) is 2.86. The number of hydrogen-bond donors (Lipinski definition) is 1. The van der Waals surface area contributed by atoms with E-state index in [-0.39, 0.29) is 18.0 Å². The number of aromatic nitrogens is 3. The molecule has 2 aromatic carbocycles. The zero-order valence-corrected chi connectivity index (χ0v) is 19.1. The number of aryl methyl sites for hydroxylation is 1. The summed E-state index contributed by atoms with van der Waals surface area (Å²) in [6, 6.07) is 10.1. The van der Waals surface area contributed by atoms with Crippen LogP contribution in [0.4, 0.5) is 18.9 Å². The van der Waals surface area contributed by atoms with Crippen LogP contribution in [0, 0.1) is 6.92 Å². The van der Waals surface area contributed by atoms with E-state index in [4.69, 9.17) is 16.3 Å². The molecule has 0 saturated heterocycles. The first-order chi connectivity index (χ1) is 15.7. The maximum Gasteiger partial charge on any atom is 0.418 e. The SMILES string of the molecule is C=CCn1c(COc2ccc(Cl)c(C)c2)nnc1SCC(=O)Nc1ccccc1C(F)(F)F. The van der Waals surface area contributed by atoms with Gasteiger partial charge in [0.15, 0.2) is 11.0 Å². The van der Waals surface area contributed by atoms with Crippen LogP contribution in [0.5, 0.6) is 5.75 Å². The number of allylic oxidation sites excluding steroid dienone is 1. The topological polar surface area (TPSA) is 69.0 Å². The summed E-state index contributed by atoms with van der Waals surface area (Å²) in [6.07, 6.45) is -2.93. The van der Waals surface area contributed by atoms with Crippen molar-refractivity contribution >= 4 is 35.0 Å². The molecule has 174 valence electrons. The highest BCUT2D eigenvalue weighted by Gasteiger charge is 2.33. The van der Waals surface area contributed by atoms with Crippen LogP contribution in [0.15, 0.2) is 60.3 Å². The van der Waals surface area contributed by atoms with Crippen molar-refractivity contribution in [2.45, 2.75) is 31.4 Å². The van der Waals surface area contributed by atoms with Gasteiger partial charge in [0.05, 0.1) is 17.0 Å². The molecule has 1 N–H and O–H groups in total. The molecule has 0 aliphatic carbocycles. The Kier molecular flexibility index (Phi) is 8.04. The number of benzene rings is 2. The number of alkyl halides is 3. The van der Waals surface area contributed by atoms with Gasteiger partial charge in [-0.15, -0.1) is 16.8 Å². The van der Waals surface area contributed by atoms with E-state index in [2.05, 4.69) is 22.1 Å². The maximum atomic E-state index is 13.1. The standard InChI is InChI=1S/C22H20ClF3N4O2S/c1-3-10-30-19(12-32-15-8-9-17(23)14(2)11-15)28-29-21(30)33-13-20(31)27-18-7-5-4-6-16(18)22(24,25)26/h3-9,11H,1,10,12-13H2,2H3,(H,27,31). The second-order valence-electron chi connectivity index (χ2n) is 6.88. The van der Waals surface area contributed by atoms with Crippen LogP contribution in [-0.4, -0.2) is 26.4 Å². The molecular formula is C22H20ClF3N4O2S. The minimum atomic E-state index is -4.57. The summed E-state index contributed by atoms with van der Waals surface area (Å²) in [5, 5.41) is 11.5. The number of hydrogen-bond acceptors (Lipinski definition) is 5. The molecule has 11 heteroatoms. The molecule has 6 nitrogen and oxygen atoms in total. The third-order valence-corrected chi connectivity index (χ3v) is 5.83. The summed E-state index contributed by atoms with van der Waals surface area (Å²) >= 11 is 7.08. The second kappa shape index (κ2) is 10.8. The number of ether oxygens (including phenoxy) is 1. The highest BCUT2D eigenvalue weighted by atomic mass is 35.5. The quantitative estimate of drug-likeness (QED) is 0.301. The van der Waals surface area contributed by atoms with Crippen LogP contribution in [0.25, 0.3) is 0 Å². The number of thioether (sulfide) groups is 1. The van der Waals surface area contributed by atoms with E-state index in [0.29, 0.717) is 28.3 Å².